The molecular formula is C23H25NO4. The monoisotopic (exact) mass is 379 g/mol. The molecule has 5 nitrogen and oxygen atoms in total. The van der Waals surface area contributed by atoms with Crippen molar-refractivity contribution < 1.29 is 19.0 Å². The number of benzene rings is 2. The Morgan fingerprint density at radius 3 is 2.57 bits per heavy atom. The van der Waals surface area contributed by atoms with E-state index in [0.29, 0.717) is 37.9 Å². The number of carbonyl (C=O) groups is 1. The van der Waals surface area contributed by atoms with Crippen LogP contribution < -0.4 is 14.2 Å². The third-order valence-corrected chi connectivity index (χ3v) is 6.07. The summed E-state index contributed by atoms with van der Waals surface area (Å²) in [5.41, 5.74) is 2.35. The maximum atomic E-state index is 13.8. The van der Waals surface area contributed by atoms with Gasteiger partial charge in [-0.15, -0.1) is 0 Å². The van der Waals surface area contributed by atoms with E-state index in [9.17, 15) is 4.79 Å². The highest BCUT2D eigenvalue weighted by Gasteiger charge is 2.54. The quantitative estimate of drug-likeness (QED) is 0.761. The molecule has 1 spiro atoms. The minimum Gasteiger partial charge on any atom is -0.491 e. The van der Waals surface area contributed by atoms with Crippen molar-refractivity contribution in [3.63, 3.8) is 0 Å². The van der Waals surface area contributed by atoms with Crippen molar-refractivity contribution in [2.75, 3.05) is 26.4 Å². The van der Waals surface area contributed by atoms with Crippen LogP contribution in [0.1, 0.15) is 42.9 Å². The molecule has 2 aromatic carbocycles. The first-order chi connectivity index (χ1) is 13.7. The van der Waals surface area contributed by atoms with E-state index in [0.717, 1.165) is 42.7 Å². The second-order valence-corrected chi connectivity index (χ2v) is 7.78. The lowest BCUT2D eigenvalue weighted by Crippen LogP contribution is -2.52. The fourth-order valence-corrected chi connectivity index (χ4v) is 4.66. The van der Waals surface area contributed by atoms with Crippen molar-refractivity contribution in [3.8, 4) is 17.2 Å². The van der Waals surface area contributed by atoms with Crippen molar-refractivity contribution in [1.29, 1.82) is 0 Å². The summed E-state index contributed by atoms with van der Waals surface area (Å²) in [4.78, 5) is 15.8. The van der Waals surface area contributed by atoms with Crippen LogP contribution in [0.25, 0.3) is 0 Å². The second kappa shape index (κ2) is 6.73. The summed E-state index contributed by atoms with van der Waals surface area (Å²) in [5.74, 6) is 2.25. The fourth-order valence-electron chi connectivity index (χ4n) is 4.66. The van der Waals surface area contributed by atoms with E-state index in [1.165, 1.54) is 5.56 Å². The van der Waals surface area contributed by atoms with Gasteiger partial charge in [-0.3, -0.25) is 4.79 Å². The number of amides is 1. The van der Waals surface area contributed by atoms with Crippen molar-refractivity contribution in [1.82, 2.24) is 4.90 Å². The van der Waals surface area contributed by atoms with Crippen LogP contribution in [0.15, 0.2) is 36.4 Å². The Balaban J connectivity index is 1.63. The van der Waals surface area contributed by atoms with E-state index in [1.807, 2.05) is 29.2 Å². The number of ether oxygens (including phenoxy) is 3. The summed E-state index contributed by atoms with van der Waals surface area (Å²) in [5, 5.41) is 0. The molecule has 1 atom stereocenters. The summed E-state index contributed by atoms with van der Waals surface area (Å²) in [7, 11) is 0. The van der Waals surface area contributed by atoms with Crippen LogP contribution in [0.4, 0.5) is 0 Å². The van der Waals surface area contributed by atoms with E-state index in [2.05, 4.69) is 19.1 Å². The van der Waals surface area contributed by atoms with Crippen LogP contribution in [0.3, 0.4) is 0 Å². The van der Waals surface area contributed by atoms with Gasteiger partial charge in [0.1, 0.15) is 31.0 Å². The van der Waals surface area contributed by atoms with Crippen LogP contribution in [0.2, 0.25) is 0 Å². The van der Waals surface area contributed by atoms with Crippen molar-refractivity contribution in [2.24, 2.45) is 0 Å². The van der Waals surface area contributed by atoms with Gasteiger partial charge >= 0.3 is 0 Å². The van der Waals surface area contributed by atoms with Gasteiger partial charge in [-0.25, -0.2) is 0 Å². The van der Waals surface area contributed by atoms with Crippen molar-refractivity contribution in [2.45, 2.75) is 38.1 Å². The normalized spacial score (nSPS) is 22.0. The van der Waals surface area contributed by atoms with Crippen LogP contribution in [0.5, 0.6) is 17.2 Å². The number of hydrogen-bond donors (Lipinski definition) is 0. The zero-order chi connectivity index (χ0) is 19.1. The molecule has 0 saturated carbocycles. The maximum absolute atomic E-state index is 13.8. The summed E-state index contributed by atoms with van der Waals surface area (Å²) < 4.78 is 17.6. The predicted octanol–water partition coefficient (Wildman–Crippen LogP) is 3.67. The van der Waals surface area contributed by atoms with Crippen molar-refractivity contribution >= 4 is 5.91 Å². The SMILES string of the molecule is CCCCCN1Cc2ccccc2C2(COc3cc4c(cc32)OCCO4)C1=O. The molecule has 3 aliphatic heterocycles. The van der Waals surface area contributed by atoms with E-state index in [-0.39, 0.29) is 5.91 Å². The van der Waals surface area contributed by atoms with E-state index in [4.69, 9.17) is 14.2 Å². The molecule has 3 heterocycles. The van der Waals surface area contributed by atoms with Gasteiger partial charge in [0.2, 0.25) is 5.91 Å². The molecule has 146 valence electrons. The number of fused-ring (bicyclic) bond motifs is 5. The molecule has 0 aliphatic carbocycles. The Kier molecular flexibility index (Phi) is 4.18. The smallest absolute Gasteiger partial charge is 0.241 e. The lowest BCUT2D eigenvalue weighted by Gasteiger charge is -2.40. The Bertz CT molecular complexity index is 925. The van der Waals surface area contributed by atoms with Gasteiger partial charge in [-0.1, -0.05) is 44.0 Å². The molecule has 0 N–H and O–H groups in total. The maximum Gasteiger partial charge on any atom is 0.241 e. The van der Waals surface area contributed by atoms with Gasteiger partial charge in [-0.05, 0) is 23.6 Å². The number of unbranched alkanes of at least 4 members (excludes halogenated alkanes) is 2. The van der Waals surface area contributed by atoms with Crippen LogP contribution in [-0.4, -0.2) is 37.2 Å². The average molecular weight is 379 g/mol. The molecule has 3 aliphatic rings. The molecule has 0 saturated heterocycles. The summed E-state index contributed by atoms with van der Waals surface area (Å²) in [6, 6.07) is 12.1. The molecule has 5 heteroatoms. The number of nitrogens with zero attached hydrogens (tertiary/aromatic N) is 1. The first kappa shape index (κ1) is 17.4. The number of carbonyl (C=O) groups excluding carboxylic acids is 1. The van der Waals surface area contributed by atoms with E-state index < -0.39 is 5.41 Å². The molecule has 0 fully saturated rings. The second-order valence-electron chi connectivity index (χ2n) is 7.78. The van der Waals surface area contributed by atoms with E-state index >= 15 is 0 Å². The Labute approximate surface area is 165 Å². The Morgan fingerprint density at radius 1 is 0.964 bits per heavy atom. The molecule has 0 radical (unpaired) electrons. The lowest BCUT2D eigenvalue weighted by atomic mass is 9.70. The third-order valence-electron chi connectivity index (χ3n) is 6.07. The molecule has 1 amide bonds. The van der Waals surface area contributed by atoms with Gasteiger partial charge in [-0.2, -0.15) is 0 Å². The molecule has 0 bridgehead atoms. The van der Waals surface area contributed by atoms with Crippen LogP contribution in [0, 0.1) is 0 Å². The first-order valence-electron chi connectivity index (χ1n) is 10.2. The van der Waals surface area contributed by atoms with E-state index in [1.54, 1.807) is 0 Å². The van der Waals surface area contributed by atoms with Gasteiger partial charge in [0, 0.05) is 24.7 Å². The number of hydrogen-bond acceptors (Lipinski definition) is 4. The first-order valence-corrected chi connectivity index (χ1v) is 10.2. The molecule has 5 rings (SSSR count). The highest BCUT2D eigenvalue weighted by molar-refractivity contribution is 5.96. The van der Waals surface area contributed by atoms with Gasteiger partial charge < -0.3 is 19.1 Å². The molecule has 1 unspecified atom stereocenters. The lowest BCUT2D eigenvalue weighted by molar-refractivity contribution is -0.138. The predicted molar refractivity (Wildman–Crippen MR) is 105 cm³/mol. The number of rotatable bonds is 4. The van der Waals surface area contributed by atoms with Crippen molar-refractivity contribution in [3.05, 3.63) is 53.1 Å². The topological polar surface area (TPSA) is 48.0 Å². The summed E-state index contributed by atoms with van der Waals surface area (Å²) >= 11 is 0. The zero-order valence-electron chi connectivity index (χ0n) is 16.2. The van der Waals surface area contributed by atoms with Crippen LogP contribution in [-0.2, 0) is 16.8 Å². The average Bonchev–Trinajstić information content (AvgIpc) is 3.09. The largest absolute Gasteiger partial charge is 0.491 e. The Morgan fingerprint density at radius 2 is 1.75 bits per heavy atom. The molecule has 2 aromatic rings. The van der Waals surface area contributed by atoms with Crippen LogP contribution >= 0.6 is 0 Å². The summed E-state index contributed by atoms with van der Waals surface area (Å²) in [6.07, 6.45) is 3.29. The highest BCUT2D eigenvalue weighted by atomic mass is 16.6. The van der Waals surface area contributed by atoms with Gasteiger partial charge in [0.05, 0.1) is 0 Å². The van der Waals surface area contributed by atoms with Gasteiger partial charge in [0.15, 0.2) is 11.5 Å². The Hall–Kier alpha value is -2.69. The molecular weight excluding hydrogens is 354 g/mol. The zero-order valence-corrected chi connectivity index (χ0v) is 16.2. The molecule has 0 aromatic heterocycles. The summed E-state index contributed by atoms with van der Waals surface area (Å²) in [6.45, 7) is 5.01. The minimum absolute atomic E-state index is 0.137. The van der Waals surface area contributed by atoms with Gasteiger partial charge in [0.25, 0.3) is 0 Å². The fraction of sp³-hybridized carbons (Fsp3) is 0.435. The molecule has 28 heavy (non-hydrogen) atoms. The standard InChI is InChI=1S/C23H25NO4/c1-2-3-6-9-24-14-16-7-4-5-8-17(16)23(22(24)25)15-28-19-13-21-20(12-18(19)23)26-10-11-27-21/h4-5,7-8,12-13H,2-3,6,9-11,14-15H2,1H3. The highest BCUT2D eigenvalue weighted by Crippen LogP contribution is 2.51. The minimum atomic E-state index is -0.799. The third kappa shape index (κ3) is 2.49.